The summed E-state index contributed by atoms with van der Waals surface area (Å²) in [6.45, 7) is 3.92. The van der Waals surface area contributed by atoms with E-state index >= 15 is 0 Å². The molecule has 1 aromatic heterocycles. The van der Waals surface area contributed by atoms with Crippen molar-refractivity contribution in [1.82, 2.24) is 4.98 Å². The Hall–Kier alpha value is -1.68. The van der Waals surface area contributed by atoms with E-state index < -0.39 is 0 Å². The third kappa shape index (κ3) is 2.53. The lowest BCUT2D eigenvalue weighted by Crippen LogP contribution is -2.12. The van der Waals surface area contributed by atoms with Crippen LogP contribution in [0.1, 0.15) is 27.9 Å². The molecule has 0 aliphatic rings. The molecular formula is C13H14N2OS. The fourth-order valence-electron chi connectivity index (χ4n) is 1.65. The predicted octanol–water partition coefficient (Wildman–Crippen LogP) is 3.27. The van der Waals surface area contributed by atoms with Crippen LogP contribution >= 0.6 is 11.3 Å². The summed E-state index contributed by atoms with van der Waals surface area (Å²) in [7, 11) is 0. The number of amides is 1. The van der Waals surface area contributed by atoms with Gasteiger partial charge in [-0.05, 0) is 25.0 Å². The van der Waals surface area contributed by atoms with Crippen molar-refractivity contribution in [3.63, 3.8) is 0 Å². The summed E-state index contributed by atoms with van der Waals surface area (Å²) in [4.78, 5) is 16.8. The zero-order valence-electron chi connectivity index (χ0n) is 9.86. The van der Waals surface area contributed by atoms with Crippen LogP contribution in [-0.4, -0.2) is 10.9 Å². The van der Waals surface area contributed by atoms with Gasteiger partial charge in [-0.2, -0.15) is 0 Å². The summed E-state index contributed by atoms with van der Waals surface area (Å²) >= 11 is 1.37. The minimum Gasteiger partial charge on any atom is -0.321 e. The molecule has 1 heterocycles. The van der Waals surface area contributed by atoms with Crippen LogP contribution in [0.2, 0.25) is 0 Å². The molecule has 0 fully saturated rings. The molecule has 88 valence electrons. The molecule has 0 radical (unpaired) electrons. The highest BCUT2D eigenvalue weighted by Crippen LogP contribution is 2.19. The number of hydrogen-bond donors (Lipinski definition) is 1. The predicted molar refractivity (Wildman–Crippen MR) is 70.6 cm³/mol. The van der Waals surface area contributed by atoms with E-state index in [0.717, 1.165) is 23.4 Å². The van der Waals surface area contributed by atoms with Gasteiger partial charge in [-0.15, -0.1) is 11.3 Å². The van der Waals surface area contributed by atoms with E-state index in [1.807, 2.05) is 31.2 Å². The van der Waals surface area contributed by atoms with Crippen LogP contribution in [0.3, 0.4) is 0 Å². The van der Waals surface area contributed by atoms with Crippen molar-refractivity contribution in [2.24, 2.45) is 0 Å². The number of nitrogens with zero attached hydrogens (tertiary/aromatic N) is 1. The minimum absolute atomic E-state index is 0.0779. The van der Waals surface area contributed by atoms with Crippen LogP contribution in [0.5, 0.6) is 0 Å². The Balaban J connectivity index is 2.22. The maximum absolute atomic E-state index is 12.0. The highest BCUT2D eigenvalue weighted by molar-refractivity contribution is 7.12. The molecular weight excluding hydrogens is 232 g/mol. The second-order valence-corrected chi connectivity index (χ2v) is 4.59. The second kappa shape index (κ2) is 5.10. The minimum atomic E-state index is -0.0779. The number of para-hydroxylation sites is 1. The van der Waals surface area contributed by atoms with E-state index in [1.165, 1.54) is 11.3 Å². The van der Waals surface area contributed by atoms with E-state index in [2.05, 4.69) is 17.2 Å². The number of aryl methyl sites for hydroxylation is 2. The molecule has 17 heavy (non-hydrogen) atoms. The molecule has 2 rings (SSSR count). The first-order chi connectivity index (χ1) is 8.22. The molecule has 0 aliphatic carbocycles. The molecule has 1 N–H and O–H groups in total. The summed E-state index contributed by atoms with van der Waals surface area (Å²) in [6, 6.07) is 7.85. The normalized spacial score (nSPS) is 10.2. The Morgan fingerprint density at radius 3 is 2.82 bits per heavy atom. The molecule has 0 aliphatic heterocycles. The smallest absolute Gasteiger partial charge is 0.267 e. The summed E-state index contributed by atoms with van der Waals surface area (Å²) in [5.41, 5.74) is 4.49. The SMILES string of the molecule is CCc1ccccc1NC(=O)c1scnc1C. The molecule has 1 aromatic carbocycles. The lowest BCUT2D eigenvalue weighted by Gasteiger charge is -2.08. The maximum atomic E-state index is 12.0. The number of thiazole rings is 1. The Labute approximate surface area is 105 Å². The summed E-state index contributed by atoms with van der Waals surface area (Å²) in [6.07, 6.45) is 0.901. The number of anilines is 1. The van der Waals surface area contributed by atoms with Crippen LogP contribution < -0.4 is 5.32 Å². The van der Waals surface area contributed by atoms with Gasteiger partial charge >= 0.3 is 0 Å². The standard InChI is InChI=1S/C13H14N2OS/c1-3-10-6-4-5-7-11(10)15-13(16)12-9(2)14-8-17-12/h4-8H,3H2,1-2H3,(H,15,16). The third-order valence-electron chi connectivity index (χ3n) is 2.60. The maximum Gasteiger partial charge on any atom is 0.267 e. The Kier molecular flexibility index (Phi) is 3.54. The fraction of sp³-hybridized carbons (Fsp3) is 0.231. The molecule has 0 atom stereocenters. The lowest BCUT2D eigenvalue weighted by atomic mass is 10.1. The van der Waals surface area contributed by atoms with Crippen molar-refractivity contribution in [2.45, 2.75) is 20.3 Å². The zero-order valence-corrected chi connectivity index (χ0v) is 10.7. The van der Waals surface area contributed by atoms with E-state index in [-0.39, 0.29) is 5.91 Å². The molecule has 0 unspecified atom stereocenters. The Bertz CT molecular complexity index is 534. The van der Waals surface area contributed by atoms with E-state index in [1.54, 1.807) is 5.51 Å². The fourth-order valence-corrected chi connectivity index (χ4v) is 2.35. The molecule has 0 bridgehead atoms. The van der Waals surface area contributed by atoms with Crippen LogP contribution in [0, 0.1) is 6.92 Å². The number of nitrogens with one attached hydrogen (secondary N) is 1. The Morgan fingerprint density at radius 2 is 2.18 bits per heavy atom. The number of carbonyl (C=O) groups is 1. The van der Waals surface area contributed by atoms with Crippen molar-refractivity contribution in [1.29, 1.82) is 0 Å². The van der Waals surface area contributed by atoms with Gasteiger partial charge in [0.05, 0.1) is 11.2 Å². The van der Waals surface area contributed by atoms with Gasteiger partial charge in [0.2, 0.25) is 0 Å². The largest absolute Gasteiger partial charge is 0.321 e. The van der Waals surface area contributed by atoms with Crippen LogP contribution in [-0.2, 0) is 6.42 Å². The van der Waals surface area contributed by atoms with E-state index in [4.69, 9.17) is 0 Å². The third-order valence-corrected chi connectivity index (χ3v) is 3.53. The quantitative estimate of drug-likeness (QED) is 0.903. The van der Waals surface area contributed by atoms with Gasteiger partial charge in [0.15, 0.2) is 0 Å². The summed E-state index contributed by atoms with van der Waals surface area (Å²) in [5.74, 6) is -0.0779. The van der Waals surface area contributed by atoms with Crippen molar-refractivity contribution in [3.8, 4) is 0 Å². The molecule has 4 heteroatoms. The highest BCUT2D eigenvalue weighted by atomic mass is 32.1. The topological polar surface area (TPSA) is 42.0 Å². The van der Waals surface area contributed by atoms with E-state index in [0.29, 0.717) is 4.88 Å². The summed E-state index contributed by atoms with van der Waals surface area (Å²) < 4.78 is 0. The molecule has 1 amide bonds. The average molecular weight is 246 g/mol. The van der Waals surface area contributed by atoms with Crippen LogP contribution in [0.15, 0.2) is 29.8 Å². The first-order valence-electron chi connectivity index (χ1n) is 5.51. The van der Waals surface area contributed by atoms with Gasteiger partial charge in [-0.1, -0.05) is 25.1 Å². The first kappa shape index (κ1) is 11.8. The number of aromatic nitrogens is 1. The van der Waals surface area contributed by atoms with Gasteiger partial charge in [-0.3, -0.25) is 4.79 Å². The number of benzene rings is 1. The Morgan fingerprint density at radius 1 is 1.41 bits per heavy atom. The second-order valence-electron chi connectivity index (χ2n) is 3.73. The van der Waals surface area contributed by atoms with Crippen molar-refractivity contribution in [3.05, 3.63) is 45.9 Å². The first-order valence-corrected chi connectivity index (χ1v) is 6.39. The molecule has 0 spiro atoms. The van der Waals surface area contributed by atoms with Crippen molar-refractivity contribution >= 4 is 22.9 Å². The monoisotopic (exact) mass is 246 g/mol. The van der Waals surface area contributed by atoms with Gasteiger partial charge in [0, 0.05) is 5.69 Å². The van der Waals surface area contributed by atoms with Gasteiger partial charge in [0.1, 0.15) is 4.88 Å². The number of hydrogen-bond acceptors (Lipinski definition) is 3. The molecule has 2 aromatic rings. The zero-order chi connectivity index (χ0) is 12.3. The summed E-state index contributed by atoms with van der Waals surface area (Å²) in [5, 5.41) is 2.94. The lowest BCUT2D eigenvalue weighted by molar-refractivity contribution is 0.102. The van der Waals surface area contributed by atoms with Crippen molar-refractivity contribution < 1.29 is 4.79 Å². The molecule has 0 saturated carbocycles. The van der Waals surface area contributed by atoms with Crippen LogP contribution in [0.4, 0.5) is 5.69 Å². The van der Waals surface area contributed by atoms with Gasteiger partial charge in [0.25, 0.3) is 5.91 Å². The number of rotatable bonds is 3. The number of carbonyl (C=O) groups excluding carboxylic acids is 1. The van der Waals surface area contributed by atoms with E-state index in [9.17, 15) is 4.79 Å². The highest BCUT2D eigenvalue weighted by Gasteiger charge is 2.12. The van der Waals surface area contributed by atoms with Crippen molar-refractivity contribution in [2.75, 3.05) is 5.32 Å². The molecule has 0 saturated heterocycles. The van der Waals surface area contributed by atoms with Crippen LogP contribution in [0.25, 0.3) is 0 Å². The molecule has 3 nitrogen and oxygen atoms in total. The van der Waals surface area contributed by atoms with Gasteiger partial charge in [-0.25, -0.2) is 4.98 Å². The average Bonchev–Trinajstić information content (AvgIpc) is 2.76. The van der Waals surface area contributed by atoms with Gasteiger partial charge < -0.3 is 5.32 Å².